The maximum atomic E-state index is 12.7. The first-order chi connectivity index (χ1) is 4.74. The molecule has 0 saturated heterocycles. The molecule has 0 aromatic rings. The van der Waals surface area contributed by atoms with Crippen LogP contribution in [0.3, 0.4) is 0 Å². The molecule has 0 spiro atoms. The first-order valence-corrected chi connectivity index (χ1v) is 3.16. The molecule has 0 amide bonds. The zero-order valence-corrected chi connectivity index (χ0v) is 5.76. The van der Waals surface area contributed by atoms with Gasteiger partial charge in [0, 0.05) is 12.0 Å². The Labute approximate surface area is 59.5 Å². The number of nitriles is 1. The lowest BCUT2D eigenvalue weighted by molar-refractivity contribution is 0.382. The fraction of sp³-hybridized carbons (Fsp3) is 0.375. The van der Waals surface area contributed by atoms with Gasteiger partial charge in [0.1, 0.15) is 6.17 Å². The van der Waals surface area contributed by atoms with Crippen molar-refractivity contribution in [1.29, 1.82) is 5.26 Å². The minimum atomic E-state index is -0.878. The Kier molecular flexibility index (Phi) is 1.86. The molecule has 1 rings (SSSR count). The summed E-state index contributed by atoms with van der Waals surface area (Å²) in [6.07, 6.45) is 2.69. The highest BCUT2D eigenvalue weighted by molar-refractivity contribution is 5.39. The second kappa shape index (κ2) is 2.66. The van der Waals surface area contributed by atoms with Gasteiger partial charge in [0.15, 0.2) is 0 Å². The summed E-state index contributed by atoms with van der Waals surface area (Å²) in [5.41, 5.74) is 1.23. The Bertz CT molecular complexity index is 232. The summed E-state index contributed by atoms with van der Waals surface area (Å²) >= 11 is 0. The molecule has 0 bridgehead atoms. The zero-order valence-electron chi connectivity index (χ0n) is 5.76. The van der Waals surface area contributed by atoms with Crippen molar-refractivity contribution in [3.05, 3.63) is 23.3 Å². The van der Waals surface area contributed by atoms with Crippen molar-refractivity contribution >= 4 is 0 Å². The van der Waals surface area contributed by atoms with Crippen LogP contribution < -0.4 is 0 Å². The van der Waals surface area contributed by atoms with Gasteiger partial charge in [-0.05, 0) is 18.6 Å². The van der Waals surface area contributed by atoms with E-state index in [2.05, 4.69) is 0 Å². The SMILES string of the molecule is CC1=CC(C#N)=CCC1F. The number of allylic oxidation sites excluding steroid dienone is 4. The monoisotopic (exact) mass is 137 g/mol. The molecule has 10 heavy (non-hydrogen) atoms. The smallest absolute Gasteiger partial charge is 0.125 e. The van der Waals surface area contributed by atoms with E-state index < -0.39 is 6.17 Å². The van der Waals surface area contributed by atoms with Crippen LogP contribution in [0.4, 0.5) is 4.39 Å². The molecule has 0 fully saturated rings. The lowest BCUT2D eigenvalue weighted by Gasteiger charge is -2.09. The van der Waals surface area contributed by atoms with Gasteiger partial charge in [0.05, 0.1) is 6.07 Å². The predicted octanol–water partition coefficient (Wildman–Crippen LogP) is 2.12. The standard InChI is InChI=1S/C8H8FN/c1-6-4-7(5-10)2-3-8(6)9/h2,4,8H,3H2,1H3. The summed E-state index contributed by atoms with van der Waals surface area (Å²) in [6.45, 7) is 1.70. The Hall–Kier alpha value is -1.10. The molecule has 0 N–H and O–H groups in total. The minimum absolute atomic E-state index is 0.352. The van der Waals surface area contributed by atoms with Crippen molar-refractivity contribution in [2.45, 2.75) is 19.5 Å². The van der Waals surface area contributed by atoms with Crippen molar-refractivity contribution in [3.63, 3.8) is 0 Å². The first-order valence-electron chi connectivity index (χ1n) is 3.16. The Balaban J connectivity index is 2.82. The van der Waals surface area contributed by atoms with E-state index in [1.165, 1.54) is 0 Å². The van der Waals surface area contributed by atoms with Gasteiger partial charge in [0.2, 0.25) is 0 Å². The van der Waals surface area contributed by atoms with Gasteiger partial charge in [-0.25, -0.2) is 4.39 Å². The third-order valence-electron chi connectivity index (χ3n) is 1.55. The number of nitrogens with zero attached hydrogens (tertiary/aromatic N) is 1. The summed E-state index contributed by atoms with van der Waals surface area (Å²) in [7, 11) is 0. The molecule has 0 aromatic carbocycles. The van der Waals surface area contributed by atoms with E-state index in [9.17, 15) is 4.39 Å². The normalized spacial score (nSPS) is 24.7. The van der Waals surface area contributed by atoms with Crippen LogP contribution in [0.15, 0.2) is 23.3 Å². The van der Waals surface area contributed by atoms with Crippen LogP contribution in [-0.2, 0) is 0 Å². The summed E-state index contributed by atoms with van der Waals surface area (Å²) in [6, 6.07) is 1.97. The molecule has 1 nitrogen and oxygen atoms in total. The van der Waals surface area contributed by atoms with Crippen LogP contribution in [-0.4, -0.2) is 6.17 Å². The average molecular weight is 137 g/mol. The number of rotatable bonds is 0. The molecular weight excluding hydrogens is 129 g/mol. The van der Waals surface area contributed by atoms with Crippen LogP contribution in [0, 0.1) is 11.3 Å². The third kappa shape index (κ3) is 1.24. The lowest BCUT2D eigenvalue weighted by atomic mass is 10.00. The van der Waals surface area contributed by atoms with Crippen LogP contribution in [0.1, 0.15) is 13.3 Å². The molecule has 0 radical (unpaired) electrons. The number of hydrogen-bond donors (Lipinski definition) is 0. The summed E-state index contributed by atoms with van der Waals surface area (Å²) < 4.78 is 12.7. The number of alkyl halides is 1. The first kappa shape index (κ1) is 7.01. The fourth-order valence-electron chi connectivity index (χ4n) is 0.889. The predicted molar refractivity (Wildman–Crippen MR) is 37.0 cm³/mol. The summed E-state index contributed by atoms with van der Waals surface area (Å²) in [4.78, 5) is 0. The number of hydrogen-bond acceptors (Lipinski definition) is 1. The Morgan fingerprint density at radius 2 is 2.50 bits per heavy atom. The molecule has 1 aliphatic carbocycles. The van der Waals surface area contributed by atoms with Crippen LogP contribution in [0.25, 0.3) is 0 Å². The van der Waals surface area contributed by atoms with Crippen molar-refractivity contribution in [3.8, 4) is 6.07 Å². The third-order valence-corrected chi connectivity index (χ3v) is 1.55. The van der Waals surface area contributed by atoms with Crippen molar-refractivity contribution in [2.75, 3.05) is 0 Å². The molecule has 0 aromatic heterocycles. The highest BCUT2D eigenvalue weighted by atomic mass is 19.1. The number of halogens is 1. The van der Waals surface area contributed by atoms with E-state index in [4.69, 9.17) is 5.26 Å². The molecule has 52 valence electrons. The maximum Gasteiger partial charge on any atom is 0.125 e. The highest BCUT2D eigenvalue weighted by Gasteiger charge is 2.11. The summed E-state index contributed by atoms with van der Waals surface area (Å²) in [5, 5.41) is 8.41. The van der Waals surface area contributed by atoms with Crippen LogP contribution in [0.5, 0.6) is 0 Å². The average Bonchev–Trinajstić information content (AvgIpc) is 1.95. The van der Waals surface area contributed by atoms with Gasteiger partial charge in [-0.3, -0.25) is 0 Å². The second-order valence-corrected chi connectivity index (χ2v) is 2.36. The van der Waals surface area contributed by atoms with Crippen LogP contribution >= 0.6 is 0 Å². The maximum absolute atomic E-state index is 12.7. The molecule has 0 aliphatic heterocycles. The Morgan fingerprint density at radius 3 is 3.00 bits per heavy atom. The topological polar surface area (TPSA) is 23.8 Å². The minimum Gasteiger partial charge on any atom is -0.242 e. The van der Waals surface area contributed by atoms with Gasteiger partial charge >= 0.3 is 0 Å². The van der Waals surface area contributed by atoms with Crippen molar-refractivity contribution in [1.82, 2.24) is 0 Å². The van der Waals surface area contributed by atoms with E-state index in [1.54, 1.807) is 19.1 Å². The zero-order chi connectivity index (χ0) is 7.56. The van der Waals surface area contributed by atoms with E-state index >= 15 is 0 Å². The molecule has 0 saturated carbocycles. The van der Waals surface area contributed by atoms with Crippen molar-refractivity contribution in [2.24, 2.45) is 0 Å². The van der Waals surface area contributed by atoms with E-state index in [0.717, 1.165) is 0 Å². The second-order valence-electron chi connectivity index (χ2n) is 2.36. The fourth-order valence-corrected chi connectivity index (χ4v) is 0.889. The van der Waals surface area contributed by atoms with E-state index in [0.29, 0.717) is 17.6 Å². The summed E-state index contributed by atoms with van der Waals surface area (Å²) in [5.74, 6) is 0. The largest absolute Gasteiger partial charge is 0.242 e. The quantitative estimate of drug-likeness (QED) is 0.501. The van der Waals surface area contributed by atoms with Gasteiger partial charge < -0.3 is 0 Å². The van der Waals surface area contributed by atoms with Crippen LogP contribution in [0.2, 0.25) is 0 Å². The van der Waals surface area contributed by atoms with Gasteiger partial charge in [0.25, 0.3) is 0 Å². The molecule has 1 unspecified atom stereocenters. The molecule has 2 heteroatoms. The van der Waals surface area contributed by atoms with Gasteiger partial charge in [-0.15, -0.1) is 0 Å². The van der Waals surface area contributed by atoms with Gasteiger partial charge in [-0.2, -0.15) is 5.26 Å². The van der Waals surface area contributed by atoms with E-state index in [-0.39, 0.29) is 0 Å². The molecule has 1 aliphatic rings. The molecule has 0 heterocycles. The highest BCUT2D eigenvalue weighted by Crippen LogP contribution is 2.19. The van der Waals surface area contributed by atoms with Crippen molar-refractivity contribution < 1.29 is 4.39 Å². The van der Waals surface area contributed by atoms with Gasteiger partial charge in [-0.1, -0.05) is 6.08 Å². The molecule has 1 atom stereocenters. The Morgan fingerprint density at radius 1 is 1.80 bits per heavy atom. The lowest BCUT2D eigenvalue weighted by Crippen LogP contribution is -2.04. The molecular formula is C8H8FN. The van der Waals surface area contributed by atoms with E-state index in [1.807, 2.05) is 6.07 Å².